The molecule has 5 heteroatoms. The highest BCUT2D eigenvalue weighted by Gasteiger charge is 2.44. The maximum absolute atomic E-state index is 13.1. The number of Topliss-reactive ketones (excluding diaryl/α,β-unsaturated/α-hetero) is 1. The van der Waals surface area contributed by atoms with Gasteiger partial charge in [0, 0.05) is 30.4 Å². The molecule has 2 atom stereocenters. The van der Waals surface area contributed by atoms with Crippen LogP contribution in [0.2, 0.25) is 0 Å². The van der Waals surface area contributed by atoms with Gasteiger partial charge in [-0.25, -0.2) is 0 Å². The van der Waals surface area contributed by atoms with Gasteiger partial charge in [0.1, 0.15) is 5.78 Å². The Balaban J connectivity index is 1.89. The Kier molecular flexibility index (Phi) is 3.56. The number of aliphatic imine (C=N–C) groups is 1. The van der Waals surface area contributed by atoms with Gasteiger partial charge in [0.25, 0.3) is 0 Å². The van der Waals surface area contributed by atoms with E-state index in [0.29, 0.717) is 6.42 Å². The Morgan fingerprint density at radius 3 is 2.72 bits per heavy atom. The Morgan fingerprint density at radius 1 is 1.24 bits per heavy atom. The number of para-hydroxylation sites is 2. The van der Waals surface area contributed by atoms with Crippen LogP contribution in [0.5, 0.6) is 0 Å². The van der Waals surface area contributed by atoms with Crippen LogP contribution < -0.4 is 5.32 Å². The number of hydrogen-bond acceptors (Lipinski definition) is 4. The summed E-state index contributed by atoms with van der Waals surface area (Å²) in [6.45, 7) is 6.35. The Labute approximate surface area is 148 Å². The van der Waals surface area contributed by atoms with Gasteiger partial charge in [0.2, 0.25) is 0 Å². The number of aryl methyl sites for hydroxylation is 1. The first-order valence-electron chi connectivity index (χ1n) is 8.80. The monoisotopic (exact) mass is 336 g/mol. The quantitative estimate of drug-likeness (QED) is 0.857. The lowest BCUT2D eigenvalue weighted by Gasteiger charge is -2.37. The number of nitrogens with zero attached hydrogens (tertiary/aromatic N) is 3. The third-order valence-electron chi connectivity index (χ3n) is 5.44. The van der Waals surface area contributed by atoms with E-state index in [4.69, 9.17) is 4.99 Å². The summed E-state index contributed by atoms with van der Waals surface area (Å²) in [6, 6.07) is 7.91. The van der Waals surface area contributed by atoms with Gasteiger partial charge in [-0.2, -0.15) is 5.10 Å². The molecule has 130 valence electrons. The normalized spacial score (nSPS) is 24.6. The van der Waals surface area contributed by atoms with E-state index in [1.165, 1.54) is 0 Å². The minimum atomic E-state index is -0.233. The largest absolute Gasteiger partial charge is 0.375 e. The van der Waals surface area contributed by atoms with Crippen LogP contribution in [0.1, 0.15) is 44.0 Å². The molecule has 0 saturated heterocycles. The van der Waals surface area contributed by atoms with Gasteiger partial charge in [-0.15, -0.1) is 0 Å². The minimum Gasteiger partial charge on any atom is -0.375 e. The average Bonchev–Trinajstić information content (AvgIpc) is 2.77. The first-order valence-corrected chi connectivity index (χ1v) is 8.80. The fourth-order valence-electron chi connectivity index (χ4n) is 4.09. The fraction of sp³-hybridized carbons (Fsp3) is 0.450. The molecule has 25 heavy (non-hydrogen) atoms. The summed E-state index contributed by atoms with van der Waals surface area (Å²) < 4.78 is 1.86. The number of aromatic nitrogens is 2. The van der Waals surface area contributed by atoms with E-state index in [1.807, 2.05) is 42.2 Å². The molecule has 2 heterocycles. The maximum Gasteiger partial charge on any atom is 0.144 e. The molecule has 1 aromatic carbocycles. The second kappa shape index (κ2) is 5.55. The van der Waals surface area contributed by atoms with E-state index in [9.17, 15) is 4.79 Å². The number of nitrogens with one attached hydrogen (secondary N) is 1. The Hall–Kier alpha value is -2.43. The Bertz CT molecular complexity index is 878. The molecule has 0 radical (unpaired) electrons. The molecule has 1 aliphatic heterocycles. The zero-order valence-corrected chi connectivity index (χ0v) is 15.2. The van der Waals surface area contributed by atoms with Crippen LogP contribution in [0.15, 0.2) is 35.5 Å². The zero-order chi connectivity index (χ0) is 17.8. The number of benzene rings is 1. The van der Waals surface area contributed by atoms with Gasteiger partial charge in [-0.1, -0.05) is 26.0 Å². The third kappa shape index (κ3) is 2.68. The molecule has 1 N–H and O–H groups in total. The van der Waals surface area contributed by atoms with E-state index in [1.54, 1.807) is 0 Å². The van der Waals surface area contributed by atoms with Crippen LogP contribution in [0, 0.1) is 18.3 Å². The highest BCUT2D eigenvalue weighted by molar-refractivity contribution is 6.10. The molecular weight excluding hydrogens is 312 g/mol. The second-order valence-electron chi connectivity index (χ2n) is 8.01. The molecule has 2 aromatic rings. The van der Waals surface area contributed by atoms with Crippen molar-refractivity contribution in [2.75, 3.05) is 5.32 Å². The molecule has 0 bridgehead atoms. The van der Waals surface area contributed by atoms with Crippen LogP contribution in [0.4, 0.5) is 11.4 Å². The van der Waals surface area contributed by atoms with Crippen LogP contribution in [-0.2, 0) is 11.8 Å². The minimum absolute atomic E-state index is 0.0414. The summed E-state index contributed by atoms with van der Waals surface area (Å²) in [4.78, 5) is 18.0. The lowest BCUT2D eigenvalue weighted by atomic mass is 9.68. The number of carbonyl (C=O) groups is 1. The number of fused-ring (bicyclic) bond motifs is 2. The Morgan fingerprint density at radius 2 is 2.00 bits per heavy atom. The molecule has 4 rings (SSSR count). The molecule has 0 unspecified atom stereocenters. The summed E-state index contributed by atoms with van der Waals surface area (Å²) in [6.07, 6.45) is 3.31. The number of carbonyl (C=O) groups excluding carboxylic acids is 1. The van der Waals surface area contributed by atoms with Crippen molar-refractivity contribution in [3.63, 3.8) is 0 Å². The predicted molar refractivity (Wildman–Crippen MR) is 99.4 cm³/mol. The molecule has 2 aliphatic rings. The summed E-state index contributed by atoms with van der Waals surface area (Å²) in [5.41, 5.74) is 4.99. The van der Waals surface area contributed by atoms with Gasteiger partial charge >= 0.3 is 0 Å². The van der Waals surface area contributed by atoms with Crippen LogP contribution in [-0.4, -0.2) is 21.3 Å². The van der Waals surface area contributed by atoms with Crippen molar-refractivity contribution in [1.29, 1.82) is 0 Å². The van der Waals surface area contributed by atoms with Gasteiger partial charge in [0.05, 0.1) is 29.5 Å². The van der Waals surface area contributed by atoms with Gasteiger partial charge < -0.3 is 5.32 Å². The average molecular weight is 336 g/mol. The molecule has 0 spiro atoms. The summed E-state index contributed by atoms with van der Waals surface area (Å²) in [7, 11) is 1.93. The number of ketones is 1. The van der Waals surface area contributed by atoms with Crippen LogP contribution >= 0.6 is 0 Å². The standard InChI is InChI=1S/C20H24N4O/c1-12-13(11-21-24(12)4)19-18-16(9-20(2,3)10-17(18)25)22-14-7-5-6-8-15(14)23-19/h5-8,11,18-19,23H,9-10H2,1-4H3/t18-,19-/m1/s1. The van der Waals surface area contributed by atoms with E-state index in [-0.39, 0.29) is 23.2 Å². The third-order valence-corrected chi connectivity index (χ3v) is 5.44. The van der Waals surface area contributed by atoms with E-state index >= 15 is 0 Å². The first-order chi connectivity index (χ1) is 11.9. The summed E-state index contributed by atoms with van der Waals surface area (Å²) in [5, 5.41) is 7.99. The van der Waals surface area contributed by atoms with Gasteiger partial charge in [-0.3, -0.25) is 14.5 Å². The molecule has 5 nitrogen and oxygen atoms in total. The maximum atomic E-state index is 13.1. The molecule has 1 aromatic heterocycles. The lowest BCUT2D eigenvalue weighted by molar-refractivity contribution is -0.124. The van der Waals surface area contributed by atoms with E-state index in [0.717, 1.165) is 34.8 Å². The van der Waals surface area contributed by atoms with Gasteiger partial charge in [0.15, 0.2) is 0 Å². The SMILES string of the molecule is Cc1c([C@H]2Nc3ccccc3N=C3CC(C)(C)CC(=O)[C@@H]32)cnn1C. The summed E-state index contributed by atoms with van der Waals surface area (Å²) in [5.74, 6) is 0.0342. The molecule has 1 aliphatic carbocycles. The van der Waals surface area contributed by atoms with E-state index in [2.05, 4.69) is 31.2 Å². The van der Waals surface area contributed by atoms with Crippen molar-refractivity contribution < 1.29 is 4.79 Å². The predicted octanol–water partition coefficient (Wildman–Crippen LogP) is 3.97. The smallest absolute Gasteiger partial charge is 0.144 e. The molecular formula is C20H24N4O. The first kappa shape index (κ1) is 16.1. The summed E-state index contributed by atoms with van der Waals surface area (Å²) >= 11 is 0. The van der Waals surface area contributed by atoms with Crippen molar-refractivity contribution >= 4 is 22.9 Å². The van der Waals surface area contributed by atoms with Gasteiger partial charge in [-0.05, 0) is 30.9 Å². The molecule has 1 saturated carbocycles. The fourth-order valence-corrected chi connectivity index (χ4v) is 4.09. The number of hydrogen-bond donors (Lipinski definition) is 1. The van der Waals surface area contributed by atoms with Crippen molar-refractivity contribution in [2.45, 2.75) is 39.7 Å². The van der Waals surface area contributed by atoms with Crippen molar-refractivity contribution in [3.8, 4) is 0 Å². The highest BCUT2D eigenvalue weighted by Crippen LogP contribution is 2.45. The van der Waals surface area contributed by atoms with Crippen molar-refractivity contribution in [2.24, 2.45) is 23.4 Å². The van der Waals surface area contributed by atoms with Crippen molar-refractivity contribution in [3.05, 3.63) is 41.7 Å². The highest BCUT2D eigenvalue weighted by atomic mass is 16.1. The van der Waals surface area contributed by atoms with Crippen LogP contribution in [0.3, 0.4) is 0 Å². The number of rotatable bonds is 1. The van der Waals surface area contributed by atoms with Crippen molar-refractivity contribution in [1.82, 2.24) is 9.78 Å². The van der Waals surface area contributed by atoms with Crippen LogP contribution in [0.25, 0.3) is 0 Å². The lowest BCUT2D eigenvalue weighted by Crippen LogP contribution is -2.42. The molecule has 0 amide bonds. The topological polar surface area (TPSA) is 59.3 Å². The number of anilines is 1. The van der Waals surface area contributed by atoms with E-state index < -0.39 is 0 Å². The second-order valence-corrected chi connectivity index (χ2v) is 8.01. The zero-order valence-electron chi connectivity index (χ0n) is 15.2. The molecule has 1 fully saturated rings.